The fraction of sp³-hybridized carbons (Fsp3) is 0.545. The standard InChI is InChI=1S/C11H15NO2/c1-14-11(13)10-6-8-4-2-3-5-9(8)7-12-10/h2-3,5,8,10,12H,4,6-7H2,1H3. The molecule has 0 amide bonds. The lowest BCUT2D eigenvalue weighted by Gasteiger charge is -2.31. The molecule has 14 heavy (non-hydrogen) atoms. The molecule has 1 heterocycles. The zero-order chi connectivity index (χ0) is 9.97. The molecule has 3 heteroatoms. The van der Waals surface area contributed by atoms with Crippen molar-refractivity contribution in [2.24, 2.45) is 5.92 Å². The van der Waals surface area contributed by atoms with E-state index in [2.05, 4.69) is 23.5 Å². The van der Waals surface area contributed by atoms with E-state index in [-0.39, 0.29) is 12.0 Å². The molecule has 1 aliphatic carbocycles. The van der Waals surface area contributed by atoms with Gasteiger partial charge in [-0.05, 0) is 18.8 Å². The average molecular weight is 193 g/mol. The number of carbonyl (C=O) groups is 1. The summed E-state index contributed by atoms with van der Waals surface area (Å²) in [4.78, 5) is 11.3. The zero-order valence-electron chi connectivity index (χ0n) is 8.32. The normalized spacial score (nSPS) is 30.5. The van der Waals surface area contributed by atoms with Gasteiger partial charge in [0.05, 0.1) is 7.11 Å². The first-order valence-electron chi connectivity index (χ1n) is 4.98. The summed E-state index contributed by atoms with van der Waals surface area (Å²) in [6.07, 6.45) is 8.32. The summed E-state index contributed by atoms with van der Waals surface area (Å²) in [6, 6.07) is -0.117. The second kappa shape index (κ2) is 3.96. The summed E-state index contributed by atoms with van der Waals surface area (Å²) >= 11 is 0. The quantitative estimate of drug-likeness (QED) is 0.632. The Kier molecular flexibility index (Phi) is 2.68. The van der Waals surface area contributed by atoms with E-state index in [4.69, 9.17) is 4.74 Å². The van der Waals surface area contributed by atoms with Gasteiger partial charge >= 0.3 is 5.97 Å². The Morgan fingerprint density at radius 3 is 3.29 bits per heavy atom. The molecule has 0 aromatic carbocycles. The summed E-state index contributed by atoms with van der Waals surface area (Å²) in [5, 5.41) is 3.19. The van der Waals surface area contributed by atoms with Crippen LogP contribution in [0.4, 0.5) is 0 Å². The molecular formula is C11H15NO2. The Hall–Kier alpha value is -1.09. The Morgan fingerprint density at radius 2 is 2.50 bits per heavy atom. The number of hydrogen-bond acceptors (Lipinski definition) is 3. The van der Waals surface area contributed by atoms with Crippen molar-refractivity contribution in [1.29, 1.82) is 0 Å². The highest BCUT2D eigenvalue weighted by Crippen LogP contribution is 2.28. The molecule has 1 saturated heterocycles. The maximum Gasteiger partial charge on any atom is 0.322 e. The van der Waals surface area contributed by atoms with Crippen molar-refractivity contribution in [2.45, 2.75) is 18.9 Å². The van der Waals surface area contributed by atoms with Crippen LogP contribution in [0.3, 0.4) is 0 Å². The molecular weight excluding hydrogens is 178 g/mol. The molecule has 2 aliphatic rings. The first-order chi connectivity index (χ1) is 6.81. The largest absolute Gasteiger partial charge is 0.468 e. The van der Waals surface area contributed by atoms with Crippen molar-refractivity contribution in [3.05, 3.63) is 23.8 Å². The third kappa shape index (κ3) is 1.73. The minimum Gasteiger partial charge on any atom is -0.468 e. The third-order valence-corrected chi connectivity index (χ3v) is 2.95. The molecule has 0 aromatic heterocycles. The molecule has 0 aromatic rings. The zero-order valence-corrected chi connectivity index (χ0v) is 8.32. The van der Waals surface area contributed by atoms with Crippen molar-refractivity contribution in [2.75, 3.05) is 13.7 Å². The maximum absolute atomic E-state index is 11.3. The predicted octanol–water partition coefficient (Wildman–Crippen LogP) is 1.02. The summed E-state index contributed by atoms with van der Waals surface area (Å²) < 4.78 is 4.73. The smallest absolute Gasteiger partial charge is 0.322 e. The molecule has 1 aliphatic heterocycles. The Labute approximate surface area is 83.8 Å². The van der Waals surface area contributed by atoms with Crippen LogP contribution in [0.15, 0.2) is 23.8 Å². The number of fused-ring (bicyclic) bond motifs is 1. The van der Waals surface area contributed by atoms with E-state index in [9.17, 15) is 4.79 Å². The van der Waals surface area contributed by atoms with E-state index in [0.29, 0.717) is 5.92 Å². The van der Waals surface area contributed by atoms with E-state index in [1.54, 1.807) is 0 Å². The van der Waals surface area contributed by atoms with Crippen LogP contribution in [0, 0.1) is 5.92 Å². The fourth-order valence-corrected chi connectivity index (χ4v) is 2.10. The minimum atomic E-state index is -0.140. The van der Waals surface area contributed by atoms with Crippen molar-refractivity contribution in [3.8, 4) is 0 Å². The second-order valence-electron chi connectivity index (χ2n) is 3.79. The Morgan fingerprint density at radius 1 is 1.64 bits per heavy atom. The molecule has 2 rings (SSSR count). The van der Waals surface area contributed by atoms with E-state index >= 15 is 0 Å². The van der Waals surface area contributed by atoms with Crippen molar-refractivity contribution in [3.63, 3.8) is 0 Å². The highest BCUT2D eigenvalue weighted by atomic mass is 16.5. The Bertz CT molecular complexity index is 294. The third-order valence-electron chi connectivity index (χ3n) is 2.95. The van der Waals surface area contributed by atoms with E-state index < -0.39 is 0 Å². The molecule has 1 fully saturated rings. The minimum absolute atomic E-state index is 0.117. The van der Waals surface area contributed by atoms with E-state index in [0.717, 1.165) is 19.4 Å². The van der Waals surface area contributed by atoms with Crippen molar-refractivity contribution in [1.82, 2.24) is 5.32 Å². The number of rotatable bonds is 1. The first kappa shape index (κ1) is 9.46. The number of nitrogens with one attached hydrogen (secondary N) is 1. The summed E-state index contributed by atoms with van der Waals surface area (Å²) in [5.41, 5.74) is 1.41. The van der Waals surface area contributed by atoms with Crippen LogP contribution in [-0.4, -0.2) is 25.7 Å². The van der Waals surface area contributed by atoms with E-state index in [1.807, 2.05) is 0 Å². The average Bonchev–Trinajstić information content (AvgIpc) is 2.27. The van der Waals surface area contributed by atoms with Crippen LogP contribution in [0.2, 0.25) is 0 Å². The molecule has 2 atom stereocenters. The van der Waals surface area contributed by atoms with Crippen LogP contribution in [-0.2, 0) is 9.53 Å². The molecule has 0 saturated carbocycles. The van der Waals surface area contributed by atoms with Gasteiger partial charge in [0.25, 0.3) is 0 Å². The first-order valence-corrected chi connectivity index (χ1v) is 4.98. The number of allylic oxidation sites excluding steroid dienone is 3. The monoisotopic (exact) mass is 193 g/mol. The van der Waals surface area contributed by atoms with Gasteiger partial charge in [0.15, 0.2) is 0 Å². The molecule has 0 spiro atoms. The number of ether oxygens (including phenoxy) is 1. The van der Waals surface area contributed by atoms with Gasteiger partial charge in [0, 0.05) is 6.54 Å². The van der Waals surface area contributed by atoms with Gasteiger partial charge in [-0.25, -0.2) is 0 Å². The second-order valence-corrected chi connectivity index (χ2v) is 3.79. The fourth-order valence-electron chi connectivity index (χ4n) is 2.10. The summed E-state index contributed by atoms with van der Waals surface area (Å²) in [5.74, 6) is 0.393. The highest BCUT2D eigenvalue weighted by Gasteiger charge is 2.30. The number of hydrogen-bond donors (Lipinski definition) is 1. The summed E-state index contributed by atoms with van der Waals surface area (Å²) in [7, 11) is 1.44. The molecule has 76 valence electrons. The lowest BCUT2D eigenvalue weighted by Crippen LogP contribution is -2.45. The van der Waals surface area contributed by atoms with E-state index in [1.165, 1.54) is 12.7 Å². The van der Waals surface area contributed by atoms with Gasteiger partial charge in [-0.15, -0.1) is 0 Å². The van der Waals surface area contributed by atoms with Crippen molar-refractivity contribution < 1.29 is 9.53 Å². The van der Waals surface area contributed by atoms with Gasteiger partial charge in [-0.1, -0.05) is 23.8 Å². The number of methoxy groups -OCH3 is 1. The van der Waals surface area contributed by atoms with Crippen LogP contribution in [0.1, 0.15) is 12.8 Å². The predicted molar refractivity (Wildman–Crippen MR) is 53.8 cm³/mol. The maximum atomic E-state index is 11.3. The number of carbonyl (C=O) groups excluding carboxylic acids is 1. The highest BCUT2D eigenvalue weighted by molar-refractivity contribution is 5.76. The number of esters is 1. The van der Waals surface area contributed by atoms with Gasteiger partial charge in [-0.3, -0.25) is 4.79 Å². The number of piperidine rings is 1. The van der Waals surface area contributed by atoms with Gasteiger partial charge < -0.3 is 10.1 Å². The lowest BCUT2D eigenvalue weighted by atomic mass is 9.83. The Balaban J connectivity index is 2.02. The lowest BCUT2D eigenvalue weighted by molar-refractivity contribution is -0.143. The van der Waals surface area contributed by atoms with Crippen LogP contribution in [0.5, 0.6) is 0 Å². The molecule has 1 N–H and O–H groups in total. The van der Waals surface area contributed by atoms with Gasteiger partial charge in [0.2, 0.25) is 0 Å². The van der Waals surface area contributed by atoms with Crippen LogP contribution in [0.25, 0.3) is 0 Å². The molecule has 0 radical (unpaired) electrons. The van der Waals surface area contributed by atoms with Gasteiger partial charge in [0.1, 0.15) is 6.04 Å². The molecule has 0 bridgehead atoms. The summed E-state index contributed by atoms with van der Waals surface area (Å²) in [6.45, 7) is 0.814. The van der Waals surface area contributed by atoms with Crippen LogP contribution >= 0.6 is 0 Å². The topological polar surface area (TPSA) is 38.3 Å². The molecule has 3 nitrogen and oxygen atoms in total. The van der Waals surface area contributed by atoms with Crippen molar-refractivity contribution >= 4 is 5.97 Å². The van der Waals surface area contributed by atoms with Gasteiger partial charge in [-0.2, -0.15) is 0 Å². The molecule has 2 unspecified atom stereocenters. The van der Waals surface area contributed by atoms with Crippen LogP contribution < -0.4 is 5.32 Å². The SMILES string of the molecule is COC(=O)C1CC2CC=CC=C2CN1.